The van der Waals surface area contributed by atoms with E-state index in [4.69, 9.17) is 20.0 Å². The van der Waals surface area contributed by atoms with E-state index in [9.17, 15) is 0 Å². The number of benzene rings is 1. The highest BCUT2D eigenvalue weighted by atomic mass is 32.2. The maximum absolute atomic E-state index is 8.73. The Labute approximate surface area is 109 Å². The van der Waals surface area contributed by atoms with Gasteiger partial charge in [-0.05, 0) is 12.1 Å². The molecular weight excluding hydrogens is 248 g/mol. The van der Waals surface area contributed by atoms with Crippen molar-refractivity contribution >= 4 is 11.8 Å². The lowest BCUT2D eigenvalue weighted by molar-refractivity contribution is 0.109. The SMILES string of the molecule is N#CC(C#N)=C1OC(COc2ccccc2)CS1. The molecule has 1 unspecified atom stereocenters. The smallest absolute Gasteiger partial charge is 0.182 e. The molecule has 2 rings (SSSR count). The second-order valence-corrected chi connectivity index (χ2v) is 4.55. The van der Waals surface area contributed by atoms with Crippen LogP contribution in [-0.4, -0.2) is 18.5 Å². The molecule has 1 heterocycles. The fraction of sp³-hybridized carbons (Fsp3) is 0.231. The van der Waals surface area contributed by atoms with E-state index in [0.29, 0.717) is 17.5 Å². The van der Waals surface area contributed by atoms with Crippen molar-refractivity contribution in [1.29, 1.82) is 10.5 Å². The summed E-state index contributed by atoms with van der Waals surface area (Å²) in [6.45, 7) is 0.407. The lowest BCUT2D eigenvalue weighted by Crippen LogP contribution is -2.18. The number of hydrogen-bond donors (Lipinski definition) is 0. The van der Waals surface area contributed by atoms with E-state index in [-0.39, 0.29) is 11.7 Å². The summed E-state index contributed by atoms with van der Waals surface area (Å²) in [7, 11) is 0. The number of rotatable bonds is 3. The van der Waals surface area contributed by atoms with Gasteiger partial charge in [0, 0.05) is 5.75 Å². The number of ether oxygens (including phenoxy) is 2. The topological polar surface area (TPSA) is 66.0 Å². The highest BCUT2D eigenvalue weighted by Crippen LogP contribution is 2.31. The molecule has 1 aromatic rings. The van der Waals surface area contributed by atoms with Gasteiger partial charge in [-0.15, -0.1) is 0 Å². The zero-order valence-corrected chi connectivity index (χ0v) is 10.3. The predicted octanol–water partition coefficient (Wildman–Crippen LogP) is 2.46. The lowest BCUT2D eigenvalue weighted by Gasteiger charge is -2.11. The fourth-order valence-electron chi connectivity index (χ4n) is 1.42. The second kappa shape index (κ2) is 6.00. The van der Waals surface area contributed by atoms with Crippen molar-refractivity contribution in [2.24, 2.45) is 0 Å². The standard InChI is InChI=1S/C13H10N2O2S/c14-6-10(7-15)13-17-12(9-18-13)8-16-11-4-2-1-3-5-11/h1-5,12H,8-9H2. The minimum atomic E-state index is -0.123. The van der Waals surface area contributed by atoms with Crippen LogP contribution < -0.4 is 4.74 Å². The Balaban J connectivity index is 1.90. The van der Waals surface area contributed by atoms with Gasteiger partial charge in [-0.3, -0.25) is 0 Å². The van der Waals surface area contributed by atoms with Gasteiger partial charge >= 0.3 is 0 Å². The first-order chi connectivity index (χ1) is 8.83. The maximum atomic E-state index is 8.73. The van der Waals surface area contributed by atoms with Crippen LogP contribution >= 0.6 is 11.8 Å². The average molecular weight is 258 g/mol. The molecule has 0 spiro atoms. The highest BCUT2D eigenvalue weighted by molar-refractivity contribution is 8.03. The first-order valence-electron chi connectivity index (χ1n) is 5.35. The largest absolute Gasteiger partial charge is 0.490 e. The molecule has 0 saturated carbocycles. The monoisotopic (exact) mass is 258 g/mol. The van der Waals surface area contributed by atoms with Gasteiger partial charge in [0.15, 0.2) is 10.7 Å². The van der Waals surface area contributed by atoms with Gasteiger partial charge in [0.1, 0.15) is 30.6 Å². The molecule has 1 aromatic carbocycles. The first kappa shape index (κ1) is 12.3. The molecule has 18 heavy (non-hydrogen) atoms. The molecule has 0 aliphatic carbocycles. The summed E-state index contributed by atoms with van der Waals surface area (Å²) in [5.41, 5.74) is 0.0298. The van der Waals surface area contributed by atoms with Gasteiger partial charge < -0.3 is 9.47 Å². The number of nitriles is 2. The number of para-hydroxylation sites is 1. The molecule has 0 amide bonds. The van der Waals surface area contributed by atoms with E-state index in [1.54, 1.807) is 0 Å². The van der Waals surface area contributed by atoms with Gasteiger partial charge in [0.2, 0.25) is 0 Å². The lowest BCUT2D eigenvalue weighted by atomic mass is 10.3. The third kappa shape index (κ3) is 2.97. The minimum Gasteiger partial charge on any atom is -0.490 e. The third-order valence-corrected chi connectivity index (χ3v) is 3.38. The zero-order chi connectivity index (χ0) is 12.8. The van der Waals surface area contributed by atoms with Crippen LogP contribution in [0.5, 0.6) is 5.75 Å². The van der Waals surface area contributed by atoms with E-state index in [2.05, 4.69) is 0 Å². The van der Waals surface area contributed by atoms with Crippen molar-refractivity contribution in [3.05, 3.63) is 41.0 Å². The molecule has 1 atom stereocenters. The van der Waals surface area contributed by atoms with E-state index in [1.807, 2.05) is 42.5 Å². The molecule has 90 valence electrons. The normalized spacial score (nSPS) is 17.4. The quantitative estimate of drug-likeness (QED) is 0.779. The third-order valence-electron chi connectivity index (χ3n) is 2.28. The molecule has 0 radical (unpaired) electrons. The van der Waals surface area contributed by atoms with E-state index < -0.39 is 0 Å². The summed E-state index contributed by atoms with van der Waals surface area (Å²) in [5.74, 6) is 1.47. The molecule has 1 aliphatic heterocycles. The van der Waals surface area contributed by atoms with Crippen LogP contribution in [0.2, 0.25) is 0 Å². The average Bonchev–Trinajstić information content (AvgIpc) is 2.88. The van der Waals surface area contributed by atoms with Crippen LogP contribution in [0.4, 0.5) is 0 Å². The van der Waals surface area contributed by atoms with Crippen molar-refractivity contribution in [2.45, 2.75) is 6.10 Å². The minimum absolute atomic E-state index is 0.0298. The molecule has 1 aliphatic rings. The van der Waals surface area contributed by atoms with E-state index in [1.165, 1.54) is 11.8 Å². The van der Waals surface area contributed by atoms with Gasteiger partial charge in [0.25, 0.3) is 0 Å². The molecule has 0 bridgehead atoms. The second-order valence-electron chi connectivity index (χ2n) is 3.56. The summed E-state index contributed by atoms with van der Waals surface area (Å²) in [6, 6.07) is 13.1. The molecule has 1 fully saturated rings. The van der Waals surface area contributed by atoms with Crippen molar-refractivity contribution < 1.29 is 9.47 Å². The Morgan fingerprint density at radius 1 is 1.33 bits per heavy atom. The van der Waals surface area contributed by atoms with E-state index in [0.717, 1.165) is 5.75 Å². The summed E-state index contributed by atoms with van der Waals surface area (Å²) in [4.78, 5) is 0. The Morgan fingerprint density at radius 3 is 2.72 bits per heavy atom. The Bertz CT molecular complexity index is 512. The summed E-state index contributed by atoms with van der Waals surface area (Å²) < 4.78 is 11.1. The van der Waals surface area contributed by atoms with Gasteiger partial charge in [0.05, 0.1) is 0 Å². The zero-order valence-electron chi connectivity index (χ0n) is 9.50. The van der Waals surface area contributed by atoms with Crippen LogP contribution in [-0.2, 0) is 4.74 Å². The number of nitrogens with zero attached hydrogens (tertiary/aromatic N) is 2. The van der Waals surface area contributed by atoms with E-state index >= 15 is 0 Å². The number of allylic oxidation sites excluding steroid dienone is 1. The van der Waals surface area contributed by atoms with Crippen LogP contribution in [0, 0.1) is 22.7 Å². The van der Waals surface area contributed by atoms with Crippen molar-refractivity contribution in [3.63, 3.8) is 0 Å². The summed E-state index contributed by atoms with van der Waals surface area (Å²) in [6.07, 6.45) is -0.123. The van der Waals surface area contributed by atoms with Gasteiger partial charge in [-0.25, -0.2) is 0 Å². The Kier molecular flexibility index (Phi) is 4.11. The van der Waals surface area contributed by atoms with Crippen LogP contribution in [0.15, 0.2) is 41.0 Å². The molecule has 0 N–H and O–H groups in total. The van der Waals surface area contributed by atoms with Gasteiger partial charge in [-0.2, -0.15) is 10.5 Å². The first-order valence-corrected chi connectivity index (χ1v) is 6.34. The van der Waals surface area contributed by atoms with Crippen LogP contribution in [0.1, 0.15) is 0 Å². The van der Waals surface area contributed by atoms with Gasteiger partial charge in [-0.1, -0.05) is 30.0 Å². The summed E-state index contributed by atoms with van der Waals surface area (Å²) >= 11 is 1.38. The number of thioether (sulfide) groups is 1. The van der Waals surface area contributed by atoms with Crippen LogP contribution in [0.25, 0.3) is 0 Å². The Morgan fingerprint density at radius 2 is 2.06 bits per heavy atom. The fourth-order valence-corrected chi connectivity index (χ4v) is 2.36. The number of hydrogen-bond acceptors (Lipinski definition) is 5. The molecule has 1 saturated heterocycles. The highest BCUT2D eigenvalue weighted by Gasteiger charge is 2.25. The molecule has 4 nitrogen and oxygen atoms in total. The van der Waals surface area contributed by atoms with Crippen LogP contribution in [0.3, 0.4) is 0 Å². The maximum Gasteiger partial charge on any atom is 0.182 e. The van der Waals surface area contributed by atoms with Crippen molar-refractivity contribution in [3.8, 4) is 17.9 Å². The predicted molar refractivity (Wildman–Crippen MR) is 67.5 cm³/mol. The molecular formula is C13H10N2O2S. The Hall–Kier alpha value is -2.11. The summed E-state index contributed by atoms with van der Waals surface area (Å²) in [5, 5.41) is 17.9. The molecule has 5 heteroatoms. The van der Waals surface area contributed by atoms with Crippen molar-refractivity contribution in [1.82, 2.24) is 0 Å². The van der Waals surface area contributed by atoms with Crippen molar-refractivity contribution in [2.75, 3.05) is 12.4 Å². The molecule has 0 aromatic heterocycles.